The third-order valence-corrected chi connectivity index (χ3v) is 4.79. The van der Waals surface area contributed by atoms with Gasteiger partial charge in [-0.25, -0.2) is 12.8 Å². The number of anilines is 1. The normalized spacial score (nSPS) is 12.0. The topological polar surface area (TPSA) is 75.6 Å². The summed E-state index contributed by atoms with van der Waals surface area (Å²) in [4.78, 5) is -1.21. The van der Waals surface area contributed by atoms with Crippen molar-refractivity contribution in [1.29, 1.82) is 0 Å². The van der Waals surface area contributed by atoms with Crippen LogP contribution in [-0.2, 0) is 16.4 Å². The molecule has 0 aliphatic rings. The number of hydrogen-bond donors (Lipinski definition) is 2. The van der Waals surface area contributed by atoms with Gasteiger partial charge in [0.05, 0.1) is 12.8 Å². The Morgan fingerprint density at radius 1 is 1.16 bits per heavy atom. The summed E-state index contributed by atoms with van der Waals surface area (Å²) in [5, 5.41) is 12.2. The molecule has 0 saturated heterocycles. The van der Waals surface area contributed by atoms with E-state index >= 15 is 0 Å². The zero-order valence-corrected chi connectivity index (χ0v) is 13.6. The number of nitrogens with one attached hydrogen (secondary N) is 1. The van der Waals surface area contributed by atoms with Gasteiger partial charge in [0.1, 0.15) is 10.7 Å². The van der Waals surface area contributed by atoms with Crippen LogP contribution in [0.25, 0.3) is 0 Å². The molecule has 5 nitrogen and oxygen atoms in total. The van der Waals surface area contributed by atoms with E-state index in [1.807, 2.05) is 0 Å². The molecule has 0 fully saturated rings. The van der Waals surface area contributed by atoms with Gasteiger partial charge in [0.2, 0.25) is 0 Å². The molecule has 0 aromatic heterocycles. The molecule has 0 bridgehead atoms. The Morgan fingerprint density at radius 3 is 2.40 bits per heavy atom. The minimum Gasteiger partial charge on any atom is -0.504 e. The van der Waals surface area contributed by atoms with Gasteiger partial charge in [0.15, 0.2) is 11.5 Å². The monoisotopic (exact) mass is 379 g/mol. The van der Waals surface area contributed by atoms with Crippen LogP contribution in [0.3, 0.4) is 0 Å². The predicted octanol–water partition coefficient (Wildman–Crippen LogP) is 3.45. The number of phenols is 1. The van der Waals surface area contributed by atoms with Gasteiger partial charge in [-0.2, -0.15) is 13.2 Å². The van der Waals surface area contributed by atoms with Gasteiger partial charge in [-0.1, -0.05) is 6.07 Å². The zero-order chi connectivity index (χ0) is 18.8. The van der Waals surface area contributed by atoms with Gasteiger partial charge < -0.3 is 15.2 Å². The van der Waals surface area contributed by atoms with Gasteiger partial charge in [-0.15, -0.1) is 0 Å². The fourth-order valence-electron chi connectivity index (χ4n) is 2.03. The van der Waals surface area contributed by atoms with Crippen molar-refractivity contribution in [1.82, 2.24) is 0 Å². The lowest BCUT2D eigenvalue weighted by atomic mass is 10.2. The van der Waals surface area contributed by atoms with Crippen molar-refractivity contribution >= 4 is 15.5 Å². The van der Waals surface area contributed by atoms with E-state index in [0.29, 0.717) is 11.6 Å². The van der Waals surface area contributed by atoms with Crippen molar-refractivity contribution in [2.75, 3.05) is 12.4 Å². The van der Waals surface area contributed by atoms with Crippen molar-refractivity contribution in [2.45, 2.75) is 16.9 Å². The minimum atomic E-state index is -5.72. The maximum Gasteiger partial charge on any atom is 0.501 e. The second kappa shape index (κ2) is 6.79. The lowest BCUT2D eigenvalue weighted by Gasteiger charge is -2.15. The molecular formula is C15H13F4NO4S. The van der Waals surface area contributed by atoms with E-state index in [9.17, 15) is 31.1 Å². The fourth-order valence-corrected chi connectivity index (χ4v) is 2.98. The Kier molecular flexibility index (Phi) is 5.12. The van der Waals surface area contributed by atoms with Gasteiger partial charge in [0.25, 0.3) is 9.84 Å². The molecular weight excluding hydrogens is 366 g/mol. The molecule has 0 atom stereocenters. The first kappa shape index (κ1) is 18.8. The van der Waals surface area contributed by atoms with E-state index in [1.165, 1.54) is 25.3 Å². The summed E-state index contributed by atoms with van der Waals surface area (Å²) >= 11 is 0. The first-order valence-corrected chi connectivity index (χ1v) is 8.25. The third-order valence-electron chi connectivity index (χ3n) is 3.26. The first-order chi connectivity index (χ1) is 11.6. The summed E-state index contributed by atoms with van der Waals surface area (Å²) in [6.45, 7) is -0.108. The highest BCUT2D eigenvalue weighted by molar-refractivity contribution is 7.92. The van der Waals surface area contributed by atoms with Crippen LogP contribution in [0.2, 0.25) is 0 Å². The van der Waals surface area contributed by atoms with Crippen LogP contribution in [-0.4, -0.2) is 26.1 Å². The summed E-state index contributed by atoms with van der Waals surface area (Å²) in [6, 6.07) is 6.29. The van der Waals surface area contributed by atoms with Crippen molar-refractivity contribution < 1.29 is 35.8 Å². The SMILES string of the molecule is COc1ccc(CNc2ccc(F)cc2S(=O)(=O)C(F)(F)F)cc1O. The molecule has 2 aromatic rings. The molecule has 0 aliphatic carbocycles. The quantitative estimate of drug-likeness (QED) is 0.779. The fraction of sp³-hybridized carbons (Fsp3) is 0.200. The maximum absolute atomic E-state index is 13.3. The van der Waals surface area contributed by atoms with Gasteiger partial charge in [-0.3, -0.25) is 0 Å². The van der Waals surface area contributed by atoms with Crippen molar-refractivity contribution in [2.24, 2.45) is 0 Å². The maximum atomic E-state index is 13.3. The lowest BCUT2D eigenvalue weighted by molar-refractivity contribution is -0.0435. The molecule has 2 aromatic carbocycles. The number of phenolic OH excluding ortho intramolecular Hbond substituents is 1. The molecule has 0 unspecified atom stereocenters. The molecule has 2 rings (SSSR count). The first-order valence-electron chi connectivity index (χ1n) is 6.77. The van der Waals surface area contributed by atoms with Crippen molar-refractivity contribution in [3.8, 4) is 11.5 Å². The van der Waals surface area contributed by atoms with Crippen molar-refractivity contribution in [3.05, 3.63) is 47.8 Å². The highest BCUT2D eigenvalue weighted by atomic mass is 32.2. The van der Waals surface area contributed by atoms with E-state index in [4.69, 9.17) is 4.74 Å². The van der Waals surface area contributed by atoms with E-state index < -0.39 is 31.7 Å². The zero-order valence-electron chi connectivity index (χ0n) is 12.8. The summed E-state index contributed by atoms with van der Waals surface area (Å²) in [7, 11) is -4.38. The Hall–Kier alpha value is -2.49. The van der Waals surface area contributed by atoms with Crippen molar-refractivity contribution in [3.63, 3.8) is 0 Å². The lowest BCUT2D eigenvalue weighted by Crippen LogP contribution is -2.24. The molecule has 10 heteroatoms. The Balaban J connectivity index is 2.33. The van der Waals surface area contributed by atoms with Crippen LogP contribution in [0.1, 0.15) is 5.56 Å². The van der Waals surface area contributed by atoms with E-state index in [-0.39, 0.29) is 18.0 Å². The third kappa shape index (κ3) is 3.95. The van der Waals surface area contributed by atoms with Crippen LogP contribution in [0, 0.1) is 5.82 Å². The number of methoxy groups -OCH3 is 1. The van der Waals surface area contributed by atoms with Crippen LogP contribution < -0.4 is 10.1 Å². The molecule has 0 amide bonds. The predicted molar refractivity (Wildman–Crippen MR) is 81.6 cm³/mol. The van der Waals surface area contributed by atoms with Crippen LogP contribution in [0.15, 0.2) is 41.3 Å². The van der Waals surface area contributed by atoms with Crippen LogP contribution in [0.5, 0.6) is 11.5 Å². The summed E-state index contributed by atoms with van der Waals surface area (Å²) in [5.41, 5.74) is -5.53. The molecule has 0 spiro atoms. The average molecular weight is 379 g/mol. The van der Waals surface area contributed by atoms with Gasteiger partial charge >= 0.3 is 5.51 Å². The number of alkyl halides is 3. The highest BCUT2D eigenvalue weighted by Gasteiger charge is 2.48. The molecule has 0 radical (unpaired) electrons. The number of sulfone groups is 1. The second-order valence-corrected chi connectivity index (χ2v) is 6.86. The number of aromatic hydroxyl groups is 1. The largest absolute Gasteiger partial charge is 0.504 e. The minimum absolute atomic E-state index is 0.108. The summed E-state index contributed by atoms with van der Waals surface area (Å²) in [6.07, 6.45) is 0. The molecule has 0 saturated carbocycles. The van der Waals surface area contributed by atoms with Gasteiger partial charge in [0, 0.05) is 6.54 Å². The second-order valence-electron chi connectivity index (χ2n) is 4.95. The van der Waals surface area contributed by atoms with Gasteiger partial charge in [-0.05, 0) is 35.9 Å². The van der Waals surface area contributed by atoms with E-state index in [1.54, 1.807) is 0 Å². The Labute approximate surface area is 140 Å². The van der Waals surface area contributed by atoms with Crippen LogP contribution in [0.4, 0.5) is 23.2 Å². The number of halogens is 4. The number of rotatable bonds is 5. The summed E-state index contributed by atoms with van der Waals surface area (Å²) < 4.78 is 79.5. The number of hydrogen-bond acceptors (Lipinski definition) is 5. The number of ether oxygens (including phenoxy) is 1. The van der Waals surface area contributed by atoms with E-state index in [2.05, 4.69) is 5.32 Å². The van der Waals surface area contributed by atoms with E-state index in [0.717, 1.165) is 12.1 Å². The van der Waals surface area contributed by atoms with Crippen LogP contribution >= 0.6 is 0 Å². The standard InChI is InChI=1S/C15H13F4NO4S/c1-24-13-5-2-9(6-12(13)21)8-20-11-4-3-10(16)7-14(11)25(22,23)15(17,18)19/h2-7,20-21H,8H2,1H3. The molecule has 2 N–H and O–H groups in total. The smallest absolute Gasteiger partial charge is 0.501 e. The Morgan fingerprint density at radius 2 is 1.84 bits per heavy atom. The molecule has 0 aliphatic heterocycles. The molecule has 25 heavy (non-hydrogen) atoms. The highest BCUT2D eigenvalue weighted by Crippen LogP contribution is 2.35. The molecule has 136 valence electrons. The average Bonchev–Trinajstić information content (AvgIpc) is 2.52. The Bertz CT molecular complexity index is 882. The molecule has 0 heterocycles. The number of benzene rings is 2. The summed E-state index contributed by atoms with van der Waals surface area (Å²) in [5.74, 6) is -1.11.